The second-order valence-electron chi connectivity index (χ2n) is 10.4. The van der Waals surface area contributed by atoms with Crippen molar-refractivity contribution in [1.29, 1.82) is 0 Å². The molecule has 0 unspecified atom stereocenters. The molecule has 0 aliphatic rings. The molecule has 0 bridgehead atoms. The highest BCUT2D eigenvalue weighted by molar-refractivity contribution is 8.01. The molecule has 0 saturated carbocycles. The Morgan fingerprint density at radius 2 is 1.75 bits per heavy atom. The summed E-state index contributed by atoms with van der Waals surface area (Å²) in [5, 5.41) is 18.3. The van der Waals surface area contributed by atoms with Crippen molar-refractivity contribution in [1.82, 2.24) is 14.3 Å². The molecule has 1 aromatic heterocycles. The molecule has 40 heavy (non-hydrogen) atoms. The number of carboxylic acid groups (broad SMARTS) is 1. The van der Waals surface area contributed by atoms with Gasteiger partial charge in [0.1, 0.15) is 0 Å². The molecule has 0 radical (unpaired) electrons. The number of halogens is 3. The number of hydrogen-bond donors (Lipinski definition) is 1. The Morgan fingerprint density at radius 1 is 1.02 bits per heavy atom. The van der Waals surface area contributed by atoms with Gasteiger partial charge in [-0.25, -0.2) is 9.48 Å². The van der Waals surface area contributed by atoms with Crippen LogP contribution in [0.1, 0.15) is 84.1 Å². The molecule has 8 nitrogen and oxygen atoms in total. The van der Waals surface area contributed by atoms with Crippen LogP contribution in [-0.4, -0.2) is 37.8 Å². The molecule has 0 atom stereocenters. The summed E-state index contributed by atoms with van der Waals surface area (Å²) >= 11 is 1.22. The summed E-state index contributed by atoms with van der Waals surface area (Å²) in [5.41, 5.74) is -0.207. The second-order valence-corrected chi connectivity index (χ2v) is 12.1. The van der Waals surface area contributed by atoms with E-state index in [1.807, 2.05) is 24.3 Å². The molecular weight excluding hydrogens is 545 g/mol. The average Bonchev–Trinajstić information content (AvgIpc) is 2.87. The van der Waals surface area contributed by atoms with Crippen LogP contribution in [0, 0.1) is 0 Å². The zero-order valence-electron chi connectivity index (χ0n) is 23.5. The first kappa shape index (κ1) is 33.4. The summed E-state index contributed by atoms with van der Waals surface area (Å²) < 4.78 is 38.9. The van der Waals surface area contributed by atoms with E-state index >= 15 is 0 Å². The quantitative estimate of drug-likeness (QED) is 0.198. The molecule has 0 fully saturated rings. The number of carboxylic acids is 1. The minimum absolute atomic E-state index is 0.0388. The molecule has 12 heteroatoms. The third kappa shape index (κ3) is 11.4. The van der Waals surface area contributed by atoms with Crippen molar-refractivity contribution < 1.29 is 23.1 Å². The zero-order chi connectivity index (χ0) is 29.8. The van der Waals surface area contributed by atoms with Crippen LogP contribution in [-0.2, 0) is 24.3 Å². The number of carbonyl (C=O) groups is 1. The second kappa shape index (κ2) is 15.9. The number of alkyl halides is 3. The highest BCUT2D eigenvalue weighted by Crippen LogP contribution is 2.32. The number of hydrogen-bond acceptors (Lipinski definition) is 7. The van der Waals surface area contributed by atoms with Gasteiger partial charge in [0.15, 0.2) is 0 Å². The van der Waals surface area contributed by atoms with Crippen molar-refractivity contribution in [2.24, 2.45) is 0 Å². The Morgan fingerprint density at radius 3 is 2.42 bits per heavy atom. The van der Waals surface area contributed by atoms with Gasteiger partial charge in [-0.1, -0.05) is 44.7 Å². The summed E-state index contributed by atoms with van der Waals surface area (Å²) in [5.74, 6) is -1.17. The van der Waals surface area contributed by atoms with Crippen molar-refractivity contribution in [3.05, 3.63) is 50.7 Å². The van der Waals surface area contributed by atoms with E-state index in [-0.39, 0.29) is 25.3 Å². The maximum Gasteiger partial charge on any atom is 0.389 e. The molecule has 0 aliphatic carbocycles. The Bertz CT molecular complexity index is 1210. The maximum absolute atomic E-state index is 13.0. The summed E-state index contributed by atoms with van der Waals surface area (Å²) in [6.07, 6.45) is 1.07. The molecule has 224 valence electrons. The number of aliphatic carboxylic acids is 1. The van der Waals surface area contributed by atoms with E-state index in [4.69, 9.17) is 0 Å². The predicted molar refractivity (Wildman–Crippen MR) is 150 cm³/mol. The monoisotopic (exact) mass is 585 g/mol. The van der Waals surface area contributed by atoms with E-state index in [1.165, 1.54) is 11.8 Å². The van der Waals surface area contributed by atoms with Gasteiger partial charge in [-0.15, -0.1) is 16.9 Å². The number of carbonyl (C=O) groups excluding carboxylic acids is 1. The lowest BCUT2D eigenvalue weighted by Crippen LogP contribution is -2.43. The van der Waals surface area contributed by atoms with Gasteiger partial charge in [-0.2, -0.15) is 13.2 Å². The van der Waals surface area contributed by atoms with Crippen molar-refractivity contribution in [3.63, 3.8) is 0 Å². The molecule has 1 heterocycles. The van der Waals surface area contributed by atoms with E-state index < -0.39 is 34.6 Å². The van der Waals surface area contributed by atoms with Crippen molar-refractivity contribution in [2.75, 3.05) is 11.9 Å². The van der Waals surface area contributed by atoms with Crippen LogP contribution in [0.15, 0.2) is 38.8 Å². The predicted octanol–water partition coefficient (Wildman–Crippen LogP) is 4.77. The largest absolute Gasteiger partial charge is 0.549 e. The number of rotatable bonds is 18. The van der Waals surface area contributed by atoms with Crippen LogP contribution < -0.4 is 21.7 Å². The van der Waals surface area contributed by atoms with Crippen molar-refractivity contribution in [3.8, 4) is 0 Å². The Kier molecular flexibility index (Phi) is 13.3. The first-order chi connectivity index (χ1) is 18.8. The molecule has 0 saturated heterocycles. The van der Waals surface area contributed by atoms with Crippen LogP contribution in [0.2, 0.25) is 0 Å². The van der Waals surface area contributed by atoms with Gasteiger partial charge >= 0.3 is 11.9 Å². The van der Waals surface area contributed by atoms with Crippen LogP contribution in [0.4, 0.5) is 19.0 Å². The van der Waals surface area contributed by atoms with E-state index in [1.54, 1.807) is 13.8 Å². The molecule has 1 aromatic carbocycles. The SMILES string of the molecule is CCCCCCCn1c(=O)c(NCCCCc2cccc(SC(C)(C)C(=O)[O-])c2)nn(CCCC(F)(F)F)c1=O. The number of thioether (sulfide) groups is 1. The van der Waals surface area contributed by atoms with Gasteiger partial charge < -0.3 is 15.2 Å². The number of unbranched alkanes of at least 4 members (excludes halogenated alkanes) is 5. The summed E-state index contributed by atoms with van der Waals surface area (Å²) in [6, 6.07) is 7.63. The molecule has 0 aliphatic heterocycles. The number of nitrogens with zero attached hydrogens (tertiary/aromatic N) is 3. The minimum atomic E-state index is -4.33. The molecular formula is C28H40F3N4O4S-. The lowest BCUT2D eigenvalue weighted by molar-refractivity contribution is -0.308. The third-order valence-electron chi connectivity index (χ3n) is 6.38. The van der Waals surface area contributed by atoms with Crippen LogP contribution in [0.5, 0.6) is 0 Å². The van der Waals surface area contributed by atoms with Crippen molar-refractivity contribution in [2.45, 2.75) is 114 Å². The van der Waals surface area contributed by atoms with E-state index in [2.05, 4.69) is 17.3 Å². The topological polar surface area (TPSA) is 109 Å². The highest BCUT2D eigenvalue weighted by Gasteiger charge is 2.26. The number of anilines is 1. The minimum Gasteiger partial charge on any atom is -0.549 e. The van der Waals surface area contributed by atoms with Gasteiger partial charge in [0, 0.05) is 31.0 Å². The van der Waals surface area contributed by atoms with Gasteiger partial charge in [-0.3, -0.25) is 9.36 Å². The zero-order valence-corrected chi connectivity index (χ0v) is 24.3. The lowest BCUT2D eigenvalue weighted by Gasteiger charge is -2.25. The molecule has 1 N–H and O–H groups in total. The summed E-state index contributed by atoms with van der Waals surface area (Å²) in [4.78, 5) is 37.9. The maximum atomic E-state index is 13.0. The molecule has 0 amide bonds. The Labute approximate surface area is 237 Å². The smallest absolute Gasteiger partial charge is 0.389 e. The number of nitrogens with one attached hydrogen (secondary N) is 1. The molecule has 0 spiro atoms. The lowest BCUT2D eigenvalue weighted by atomic mass is 10.1. The summed E-state index contributed by atoms with van der Waals surface area (Å²) in [6.45, 7) is 5.64. The third-order valence-corrected chi connectivity index (χ3v) is 7.55. The van der Waals surface area contributed by atoms with Crippen LogP contribution in [0.3, 0.4) is 0 Å². The van der Waals surface area contributed by atoms with E-state index in [0.717, 1.165) is 58.2 Å². The Hall–Kier alpha value is -2.76. The van der Waals surface area contributed by atoms with Crippen LogP contribution >= 0.6 is 11.8 Å². The Balaban J connectivity index is 2.02. The molecule has 2 aromatic rings. The van der Waals surface area contributed by atoms with Crippen LogP contribution in [0.25, 0.3) is 0 Å². The number of aromatic nitrogens is 3. The summed E-state index contributed by atoms with van der Waals surface area (Å²) in [7, 11) is 0. The standard InChI is InChI=1S/C28H41F3N4O4S/c1-4-5-6-7-10-18-34-24(36)23(33-35(26(34)39)19-12-16-28(29,30)31)32-17-9-8-13-21-14-11-15-22(20-21)40-27(2,3)25(37)38/h11,14-15,20H,4-10,12-13,16-19H2,1-3H3,(H,32,33)(H,37,38)/p-1. The fourth-order valence-electron chi connectivity index (χ4n) is 4.08. The molecule has 2 rings (SSSR count). The van der Waals surface area contributed by atoms with Crippen molar-refractivity contribution >= 4 is 23.5 Å². The first-order valence-corrected chi connectivity index (χ1v) is 14.7. The fraction of sp³-hybridized carbons (Fsp3) is 0.643. The van der Waals surface area contributed by atoms with E-state index in [9.17, 15) is 32.7 Å². The van der Waals surface area contributed by atoms with Gasteiger partial charge in [0.25, 0.3) is 5.56 Å². The van der Waals surface area contributed by atoms with Gasteiger partial charge in [-0.05, 0) is 63.6 Å². The van der Waals surface area contributed by atoms with E-state index in [0.29, 0.717) is 19.4 Å². The fourth-order valence-corrected chi connectivity index (χ4v) is 5.11. The highest BCUT2D eigenvalue weighted by atomic mass is 32.2. The number of benzene rings is 1. The van der Waals surface area contributed by atoms with Gasteiger partial charge in [0.05, 0.1) is 10.7 Å². The normalized spacial score (nSPS) is 12.1. The van der Waals surface area contributed by atoms with Gasteiger partial charge in [0.2, 0.25) is 5.82 Å². The first-order valence-electron chi connectivity index (χ1n) is 13.9. The average molecular weight is 586 g/mol. The number of aryl methyl sites for hydroxylation is 2.